The Kier molecular flexibility index (Phi) is 4.87. The van der Waals surface area contributed by atoms with Gasteiger partial charge in [-0.25, -0.2) is 4.79 Å². The van der Waals surface area contributed by atoms with Crippen molar-refractivity contribution in [2.24, 2.45) is 5.73 Å². The van der Waals surface area contributed by atoms with Crippen LogP contribution in [0.25, 0.3) is 0 Å². The molecule has 0 saturated heterocycles. The second kappa shape index (κ2) is 6.39. The van der Waals surface area contributed by atoms with Crippen molar-refractivity contribution in [3.8, 4) is 0 Å². The van der Waals surface area contributed by atoms with Crippen molar-refractivity contribution in [2.75, 3.05) is 5.32 Å². The van der Waals surface area contributed by atoms with Gasteiger partial charge in [0.05, 0.1) is 6.42 Å². The van der Waals surface area contributed by atoms with Gasteiger partial charge in [0.25, 0.3) is 0 Å². The van der Waals surface area contributed by atoms with Crippen molar-refractivity contribution < 1.29 is 19.5 Å². The second-order valence-corrected chi connectivity index (χ2v) is 3.95. The summed E-state index contributed by atoms with van der Waals surface area (Å²) in [5, 5.41) is 13.5. The van der Waals surface area contributed by atoms with Crippen LogP contribution in [-0.4, -0.2) is 29.1 Å². The molecule has 3 amide bonds. The molecule has 0 bridgehead atoms. The van der Waals surface area contributed by atoms with Crippen LogP contribution in [0.4, 0.5) is 10.5 Å². The highest BCUT2D eigenvalue weighted by Gasteiger charge is 2.16. The summed E-state index contributed by atoms with van der Waals surface area (Å²) < 4.78 is 0. The van der Waals surface area contributed by atoms with E-state index in [0.29, 0.717) is 11.3 Å². The van der Waals surface area contributed by atoms with E-state index in [1.165, 1.54) is 6.92 Å². The summed E-state index contributed by atoms with van der Waals surface area (Å²) in [5.74, 6) is -1.47. The van der Waals surface area contributed by atoms with Crippen molar-refractivity contribution in [1.29, 1.82) is 0 Å². The maximum atomic E-state index is 11.8. The third-order valence-electron chi connectivity index (χ3n) is 2.37. The molecular weight excluding hydrogens is 250 g/mol. The Morgan fingerprint density at radius 2 is 1.95 bits per heavy atom. The predicted octanol–water partition coefficient (Wildman–Crippen LogP) is 0.309. The fourth-order valence-corrected chi connectivity index (χ4v) is 1.48. The second-order valence-electron chi connectivity index (χ2n) is 3.95. The van der Waals surface area contributed by atoms with Crippen molar-refractivity contribution in [3.63, 3.8) is 0 Å². The van der Waals surface area contributed by atoms with E-state index >= 15 is 0 Å². The van der Waals surface area contributed by atoms with Crippen LogP contribution in [0, 0.1) is 0 Å². The number of carboxylic acids is 1. The molecule has 0 aliphatic rings. The summed E-state index contributed by atoms with van der Waals surface area (Å²) >= 11 is 0. The zero-order chi connectivity index (χ0) is 14.4. The molecule has 0 fully saturated rings. The number of carbonyl (C=O) groups excluding carboxylic acids is 2. The number of anilines is 1. The van der Waals surface area contributed by atoms with Crippen LogP contribution >= 0.6 is 0 Å². The third kappa shape index (κ3) is 4.66. The Morgan fingerprint density at radius 1 is 1.32 bits per heavy atom. The number of benzene rings is 1. The molecule has 1 aromatic rings. The van der Waals surface area contributed by atoms with E-state index in [4.69, 9.17) is 10.8 Å². The van der Waals surface area contributed by atoms with Gasteiger partial charge in [-0.3, -0.25) is 9.59 Å². The van der Waals surface area contributed by atoms with E-state index in [0.717, 1.165) is 0 Å². The van der Waals surface area contributed by atoms with E-state index in [2.05, 4.69) is 10.6 Å². The number of nitrogens with one attached hydrogen (secondary N) is 2. The van der Waals surface area contributed by atoms with Crippen molar-refractivity contribution >= 4 is 23.6 Å². The van der Waals surface area contributed by atoms with Gasteiger partial charge in [0, 0.05) is 5.69 Å². The third-order valence-corrected chi connectivity index (χ3v) is 2.37. The zero-order valence-corrected chi connectivity index (χ0v) is 10.3. The van der Waals surface area contributed by atoms with E-state index in [1.54, 1.807) is 24.3 Å². The molecule has 0 radical (unpaired) electrons. The summed E-state index contributed by atoms with van der Waals surface area (Å²) in [4.78, 5) is 33.1. The Labute approximate surface area is 109 Å². The highest BCUT2D eigenvalue weighted by Crippen LogP contribution is 2.15. The van der Waals surface area contributed by atoms with Gasteiger partial charge in [0.2, 0.25) is 5.91 Å². The maximum absolute atomic E-state index is 11.8. The molecule has 0 aromatic heterocycles. The lowest BCUT2D eigenvalue weighted by Gasteiger charge is -2.14. The average Bonchev–Trinajstić information content (AvgIpc) is 2.30. The Hall–Kier alpha value is -2.57. The fourth-order valence-electron chi connectivity index (χ4n) is 1.48. The van der Waals surface area contributed by atoms with Crippen LogP contribution in [0.15, 0.2) is 24.3 Å². The van der Waals surface area contributed by atoms with Gasteiger partial charge in [-0.1, -0.05) is 18.2 Å². The number of carbonyl (C=O) groups is 3. The lowest BCUT2D eigenvalue weighted by atomic mass is 10.1. The summed E-state index contributed by atoms with van der Waals surface area (Å²) in [6.45, 7) is 1.47. The van der Waals surface area contributed by atoms with Gasteiger partial charge < -0.3 is 21.5 Å². The minimum absolute atomic E-state index is 0.200. The molecule has 0 saturated carbocycles. The highest BCUT2D eigenvalue weighted by molar-refractivity contribution is 5.97. The SMILES string of the molecule is CC(NC(N)=O)C(=O)Nc1ccccc1CC(=O)O. The number of hydrogen-bond donors (Lipinski definition) is 4. The molecule has 7 nitrogen and oxygen atoms in total. The molecule has 0 heterocycles. The summed E-state index contributed by atoms with van der Waals surface area (Å²) in [5.41, 5.74) is 5.79. The molecule has 0 aliphatic heterocycles. The standard InChI is InChI=1S/C12H15N3O4/c1-7(14-12(13)19)11(18)15-9-5-3-2-4-8(9)6-10(16)17/h2-5,7H,6H2,1H3,(H,15,18)(H,16,17)(H3,13,14,19). The molecule has 1 atom stereocenters. The number of primary amides is 1. The average molecular weight is 265 g/mol. The van der Waals surface area contributed by atoms with Crippen LogP contribution in [0.3, 0.4) is 0 Å². The molecule has 102 valence electrons. The first kappa shape index (κ1) is 14.5. The van der Waals surface area contributed by atoms with E-state index in [9.17, 15) is 14.4 Å². The summed E-state index contributed by atoms with van der Waals surface area (Å²) in [6.07, 6.45) is -0.200. The monoisotopic (exact) mass is 265 g/mol. The van der Waals surface area contributed by atoms with Crippen LogP contribution in [0.2, 0.25) is 0 Å². The minimum Gasteiger partial charge on any atom is -0.481 e. The van der Waals surface area contributed by atoms with Gasteiger partial charge in [-0.2, -0.15) is 0 Å². The van der Waals surface area contributed by atoms with Gasteiger partial charge in [-0.05, 0) is 18.6 Å². The lowest BCUT2D eigenvalue weighted by Crippen LogP contribution is -2.44. The number of aliphatic carboxylic acids is 1. The predicted molar refractivity (Wildman–Crippen MR) is 68.6 cm³/mol. The number of rotatable bonds is 5. The molecule has 7 heteroatoms. The lowest BCUT2D eigenvalue weighted by molar-refractivity contribution is -0.136. The smallest absolute Gasteiger partial charge is 0.312 e. The van der Waals surface area contributed by atoms with Crippen LogP contribution in [-0.2, 0) is 16.0 Å². The van der Waals surface area contributed by atoms with Gasteiger partial charge >= 0.3 is 12.0 Å². The van der Waals surface area contributed by atoms with Gasteiger partial charge in [-0.15, -0.1) is 0 Å². The largest absolute Gasteiger partial charge is 0.481 e. The number of urea groups is 1. The van der Waals surface area contributed by atoms with E-state index in [1.807, 2.05) is 0 Å². The quantitative estimate of drug-likeness (QED) is 0.612. The van der Waals surface area contributed by atoms with E-state index in [-0.39, 0.29) is 6.42 Å². The summed E-state index contributed by atoms with van der Waals surface area (Å²) in [7, 11) is 0. The number of carboxylic acid groups (broad SMARTS) is 1. The molecule has 0 aliphatic carbocycles. The van der Waals surface area contributed by atoms with Gasteiger partial charge in [0.15, 0.2) is 0 Å². The van der Waals surface area contributed by atoms with Crippen LogP contribution in [0.1, 0.15) is 12.5 Å². The molecule has 1 rings (SSSR count). The van der Waals surface area contributed by atoms with Crippen LogP contribution in [0.5, 0.6) is 0 Å². The van der Waals surface area contributed by atoms with Crippen molar-refractivity contribution in [3.05, 3.63) is 29.8 Å². The minimum atomic E-state index is -0.995. The maximum Gasteiger partial charge on any atom is 0.312 e. The number of para-hydroxylation sites is 1. The Morgan fingerprint density at radius 3 is 2.53 bits per heavy atom. The molecule has 5 N–H and O–H groups in total. The van der Waals surface area contributed by atoms with Gasteiger partial charge in [0.1, 0.15) is 6.04 Å². The topological polar surface area (TPSA) is 122 Å². The first-order chi connectivity index (χ1) is 8.90. The number of nitrogens with two attached hydrogens (primary N) is 1. The van der Waals surface area contributed by atoms with E-state index < -0.39 is 23.9 Å². The molecule has 0 spiro atoms. The number of amides is 3. The zero-order valence-electron chi connectivity index (χ0n) is 10.3. The van der Waals surface area contributed by atoms with Crippen molar-refractivity contribution in [1.82, 2.24) is 5.32 Å². The molecule has 1 aromatic carbocycles. The normalized spacial score (nSPS) is 11.4. The number of hydrogen-bond acceptors (Lipinski definition) is 3. The van der Waals surface area contributed by atoms with Crippen LogP contribution < -0.4 is 16.4 Å². The summed E-state index contributed by atoms with van der Waals surface area (Å²) in [6, 6.07) is 4.94. The molecular formula is C12H15N3O4. The van der Waals surface area contributed by atoms with Crippen molar-refractivity contribution in [2.45, 2.75) is 19.4 Å². The first-order valence-corrected chi connectivity index (χ1v) is 5.56. The first-order valence-electron chi connectivity index (χ1n) is 5.56. The molecule has 1 unspecified atom stereocenters. The molecule has 19 heavy (non-hydrogen) atoms. The Bertz CT molecular complexity index is 502. The Balaban J connectivity index is 2.78. The highest BCUT2D eigenvalue weighted by atomic mass is 16.4. The fraction of sp³-hybridized carbons (Fsp3) is 0.250.